The minimum absolute atomic E-state index is 0.0345. The number of benzene rings is 2. The Morgan fingerprint density at radius 3 is 2.20 bits per heavy atom. The van der Waals surface area contributed by atoms with Crippen molar-refractivity contribution in [2.45, 2.75) is 33.7 Å². The molecule has 1 heterocycles. The second kappa shape index (κ2) is 11.8. The molecule has 35 heavy (non-hydrogen) atoms. The van der Waals surface area contributed by atoms with Crippen LogP contribution in [0, 0.1) is 5.82 Å². The molecule has 0 aromatic heterocycles. The van der Waals surface area contributed by atoms with Crippen molar-refractivity contribution in [3.05, 3.63) is 65.0 Å². The first-order valence-corrected chi connectivity index (χ1v) is 12.0. The molecule has 8 heteroatoms. The second-order valence-electron chi connectivity index (χ2n) is 8.10. The van der Waals surface area contributed by atoms with E-state index in [2.05, 4.69) is 4.90 Å². The van der Waals surface area contributed by atoms with Crippen molar-refractivity contribution in [1.29, 1.82) is 0 Å². The number of Topliss-reactive ketones (excluding diaryl/α,β-unsaturated/α-hetero) is 1. The fraction of sp³-hybridized carbons (Fsp3) is 0.407. The first-order chi connectivity index (χ1) is 16.9. The predicted molar refractivity (Wildman–Crippen MR) is 132 cm³/mol. The normalized spacial score (nSPS) is 17.3. The van der Waals surface area contributed by atoms with E-state index in [-0.39, 0.29) is 16.9 Å². The number of carbonyl (C=O) groups excluding carboxylic acids is 2. The molecule has 1 amide bonds. The lowest BCUT2D eigenvalue weighted by atomic mass is 9.95. The van der Waals surface area contributed by atoms with Crippen LogP contribution in [0.4, 0.5) is 4.39 Å². The third-order valence-corrected chi connectivity index (χ3v) is 6.09. The summed E-state index contributed by atoms with van der Waals surface area (Å²) in [5, 5.41) is 11.1. The number of likely N-dealkylation sites (N-methyl/N-ethyl adjacent to an activating group) is 1. The number of amides is 1. The molecule has 7 nitrogen and oxygen atoms in total. The number of halogens is 1. The highest BCUT2D eigenvalue weighted by Gasteiger charge is 2.46. The van der Waals surface area contributed by atoms with E-state index in [0.29, 0.717) is 43.4 Å². The average molecular weight is 485 g/mol. The molecular weight excluding hydrogens is 451 g/mol. The number of nitrogens with zero attached hydrogens (tertiary/aromatic N) is 2. The van der Waals surface area contributed by atoms with Crippen LogP contribution in [0.15, 0.2) is 48.0 Å². The largest absolute Gasteiger partial charge is 0.507 e. The van der Waals surface area contributed by atoms with Crippen LogP contribution in [0.25, 0.3) is 5.76 Å². The van der Waals surface area contributed by atoms with Crippen LogP contribution in [0.5, 0.6) is 11.5 Å². The molecule has 0 aliphatic carbocycles. The maximum atomic E-state index is 13.5. The highest BCUT2D eigenvalue weighted by molar-refractivity contribution is 6.46. The zero-order valence-corrected chi connectivity index (χ0v) is 20.7. The Balaban J connectivity index is 2.14. The number of hydrogen-bond donors (Lipinski definition) is 1. The maximum absolute atomic E-state index is 13.5. The monoisotopic (exact) mass is 484 g/mol. The number of rotatable bonds is 11. The predicted octanol–water partition coefficient (Wildman–Crippen LogP) is 4.39. The van der Waals surface area contributed by atoms with Crippen molar-refractivity contribution < 1.29 is 28.6 Å². The number of ether oxygens (including phenoxy) is 2. The van der Waals surface area contributed by atoms with E-state index in [4.69, 9.17) is 9.47 Å². The molecule has 1 fully saturated rings. The van der Waals surface area contributed by atoms with Crippen LogP contribution < -0.4 is 9.47 Å². The third-order valence-electron chi connectivity index (χ3n) is 6.09. The van der Waals surface area contributed by atoms with Crippen LogP contribution in [0.3, 0.4) is 0 Å². The summed E-state index contributed by atoms with van der Waals surface area (Å²) < 4.78 is 24.9. The SMILES string of the molecule is CCOc1ccc([C@@H]2/C(=C(\O)c3ccc(F)cc3)C(=O)C(=O)N2CCN(CC)CC)cc1OCC. The van der Waals surface area contributed by atoms with Crippen molar-refractivity contribution >= 4 is 17.4 Å². The van der Waals surface area contributed by atoms with E-state index < -0.39 is 23.5 Å². The number of hydrogen-bond acceptors (Lipinski definition) is 6. The van der Waals surface area contributed by atoms with E-state index in [1.165, 1.54) is 29.2 Å². The van der Waals surface area contributed by atoms with Crippen LogP contribution in [-0.2, 0) is 9.59 Å². The highest BCUT2D eigenvalue weighted by atomic mass is 19.1. The molecule has 0 unspecified atom stereocenters. The quantitative estimate of drug-likeness (QED) is 0.290. The zero-order valence-electron chi connectivity index (χ0n) is 20.7. The zero-order chi connectivity index (χ0) is 25.5. The summed E-state index contributed by atoms with van der Waals surface area (Å²) in [7, 11) is 0. The van der Waals surface area contributed by atoms with Crippen LogP contribution in [0.2, 0.25) is 0 Å². The third kappa shape index (κ3) is 5.65. The maximum Gasteiger partial charge on any atom is 0.295 e. The van der Waals surface area contributed by atoms with Gasteiger partial charge in [0.1, 0.15) is 11.6 Å². The number of carbonyl (C=O) groups is 2. The second-order valence-corrected chi connectivity index (χ2v) is 8.10. The molecule has 2 aromatic carbocycles. The Kier molecular flexibility index (Phi) is 8.87. The molecule has 0 saturated carbocycles. The van der Waals surface area contributed by atoms with Gasteiger partial charge in [-0.3, -0.25) is 9.59 Å². The highest BCUT2D eigenvalue weighted by Crippen LogP contribution is 2.42. The van der Waals surface area contributed by atoms with Gasteiger partial charge in [0.05, 0.1) is 24.8 Å². The topological polar surface area (TPSA) is 79.3 Å². The smallest absolute Gasteiger partial charge is 0.295 e. The van der Waals surface area contributed by atoms with Gasteiger partial charge in [-0.2, -0.15) is 0 Å². The Morgan fingerprint density at radius 2 is 1.60 bits per heavy atom. The van der Waals surface area contributed by atoms with Gasteiger partial charge in [0.15, 0.2) is 11.5 Å². The molecule has 1 saturated heterocycles. The van der Waals surface area contributed by atoms with Gasteiger partial charge in [0.2, 0.25) is 0 Å². The molecule has 1 aliphatic heterocycles. The van der Waals surface area contributed by atoms with Gasteiger partial charge in [-0.15, -0.1) is 0 Å². The minimum Gasteiger partial charge on any atom is -0.507 e. The van der Waals surface area contributed by atoms with Gasteiger partial charge in [0.25, 0.3) is 11.7 Å². The van der Waals surface area contributed by atoms with Crippen molar-refractivity contribution in [1.82, 2.24) is 9.80 Å². The average Bonchev–Trinajstić information content (AvgIpc) is 3.11. The Morgan fingerprint density at radius 1 is 0.971 bits per heavy atom. The number of aliphatic hydroxyl groups is 1. The van der Waals surface area contributed by atoms with Crippen molar-refractivity contribution in [3.8, 4) is 11.5 Å². The molecule has 1 N–H and O–H groups in total. The first-order valence-electron chi connectivity index (χ1n) is 12.0. The van der Waals surface area contributed by atoms with Gasteiger partial charge >= 0.3 is 0 Å². The van der Waals surface area contributed by atoms with Crippen LogP contribution >= 0.6 is 0 Å². The Bertz CT molecular complexity index is 1080. The van der Waals surface area contributed by atoms with Gasteiger partial charge in [-0.1, -0.05) is 19.9 Å². The standard InChI is InChI=1S/C27H33FN2O5/c1-5-29(6-2)15-16-30-24(19-11-14-21(34-7-3)22(17-19)35-8-4)23(26(32)27(30)33)25(31)18-9-12-20(28)13-10-18/h9-14,17,24,31H,5-8,15-16H2,1-4H3/b25-23+/t24-/m1/s1. The molecule has 0 spiro atoms. The molecule has 1 atom stereocenters. The lowest BCUT2D eigenvalue weighted by Crippen LogP contribution is -2.38. The van der Waals surface area contributed by atoms with E-state index >= 15 is 0 Å². The summed E-state index contributed by atoms with van der Waals surface area (Å²) in [6, 6.07) is 9.59. The first kappa shape index (κ1) is 26.2. The Hall–Kier alpha value is -3.39. The summed E-state index contributed by atoms with van der Waals surface area (Å²) in [4.78, 5) is 30.0. The lowest BCUT2D eigenvalue weighted by Gasteiger charge is -2.28. The van der Waals surface area contributed by atoms with E-state index in [0.717, 1.165) is 13.1 Å². The molecular formula is C27H33FN2O5. The van der Waals surface area contributed by atoms with E-state index in [9.17, 15) is 19.1 Å². The number of likely N-dealkylation sites (tertiary alicyclic amines) is 1. The van der Waals surface area contributed by atoms with Crippen molar-refractivity contribution in [3.63, 3.8) is 0 Å². The minimum atomic E-state index is -0.828. The molecule has 0 radical (unpaired) electrons. The number of aliphatic hydroxyl groups excluding tert-OH is 1. The van der Waals surface area contributed by atoms with Crippen molar-refractivity contribution in [2.75, 3.05) is 39.4 Å². The summed E-state index contributed by atoms with van der Waals surface area (Å²) in [6.07, 6.45) is 0. The van der Waals surface area contributed by atoms with E-state index in [1.807, 2.05) is 27.7 Å². The summed E-state index contributed by atoms with van der Waals surface area (Å²) in [5.41, 5.74) is 0.834. The molecule has 3 rings (SSSR count). The fourth-order valence-electron chi connectivity index (χ4n) is 4.25. The fourth-order valence-corrected chi connectivity index (χ4v) is 4.25. The van der Waals surface area contributed by atoms with Gasteiger partial charge < -0.3 is 24.4 Å². The number of ketones is 1. The van der Waals surface area contributed by atoms with Gasteiger partial charge in [-0.25, -0.2) is 4.39 Å². The summed E-state index contributed by atoms with van der Waals surface area (Å²) >= 11 is 0. The Labute approximate surface area is 205 Å². The summed E-state index contributed by atoms with van der Waals surface area (Å²) in [6.45, 7) is 11.1. The van der Waals surface area contributed by atoms with Crippen LogP contribution in [-0.4, -0.2) is 66.0 Å². The molecule has 188 valence electrons. The van der Waals surface area contributed by atoms with Gasteiger partial charge in [-0.05, 0) is 68.9 Å². The molecule has 2 aromatic rings. The molecule has 0 bridgehead atoms. The molecule has 1 aliphatic rings. The van der Waals surface area contributed by atoms with E-state index in [1.54, 1.807) is 18.2 Å². The van der Waals surface area contributed by atoms with Gasteiger partial charge in [0, 0.05) is 18.7 Å². The summed E-state index contributed by atoms with van der Waals surface area (Å²) in [5.74, 6) is -1.23. The van der Waals surface area contributed by atoms with Crippen molar-refractivity contribution in [2.24, 2.45) is 0 Å². The van der Waals surface area contributed by atoms with Crippen LogP contribution in [0.1, 0.15) is 44.9 Å². The lowest BCUT2D eigenvalue weighted by molar-refractivity contribution is -0.140.